The molecule has 0 unspecified atom stereocenters. The van der Waals surface area contributed by atoms with Crippen LogP contribution >= 0.6 is 0 Å². The second kappa shape index (κ2) is 6.67. The standard InChI is InChI=1S/C19H21N3O/c1-14-6-8-15(9-7-14)19-12-16(10-11-20)21-22(19)17-4-3-5-18(13-17)23-2/h3-9,12-13H,10-11,20H2,1-2H3. The van der Waals surface area contributed by atoms with E-state index in [0.717, 1.165) is 34.8 Å². The third-order valence-corrected chi connectivity index (χ3v) is 3.81. The van der Waals surface area contributed by atoms with Gasteiger partial charge in [0, 0.05) is 18.1 Å². The van der Waals surface area contributed by atoms with Crippen molar-refractivity contribution in [3.8, 4) is 22.7 Å². The number of hydrogen-bond donors (Lipinski definition) is 1. The SMILES string of the molecule is COc1cccc(-n2nc(CCN)cc2-c2ccc(C)cc2)c1. The van der Waals surface area contributed by atoms with Crippen LogP contribution in [0.2, 0.25) is 0 Å². The van der Waals surface area contributed by atoms with Gasteiger partial charge in [-0.15, -0.1) is 0 Å². The van der Waals surface area contributed by atoms with Crippen LogP contribution in [0.3, 0.4) is 0 Å². The van der Waals surface area contributed by atoms with E-state index < -0.39 is 0 Å². The summed E-state index contributed by atoms with van der Waals surface area (Å²) in [6.45, 7) is 2.67. The lowest BCUT2D eigenvalue weighted by molar-refractivity contribution is 0.414. The number of aromatic nitrogens is 2. The first-order valence-electron chi connectivity index (χ1n) is 7.72. The number of ether oxygens (including phenoxy) is 1. The summed E-state index contributed by atoms with van der Waals surface area (Å²) in [5.41, 5.74) is 11.1. The Kier molecular flexibility index (Phi) is 4.44. The number of benzene rings is 2. The number of methoxy groups -OCH3 is 1. The summed E-state index contributed by atoms with van der Waals surface area (Å²) < 4.78 is 7.29. The lowest BCUT2D eigenvalue weighted by atomic mass is 10.1. The summed E-state index contributed by atoms with van der Waals surface area (Å²) in [6.07, 6.45) is 0.760. The number of nitrogens with two attached hydrogens (primary N) is 1. The quantitative estimate of drug-likeness (QED) is 0.786. The maximum Gasteiger partial charge on any atom is 0.121 e. The van der Waals surface area contributed by atoms with Crippen LogP contribution in [0.4, 0.5) is 0 Å². The maximum atomic E-state index is 5.69. The summed E-state index contributed by atoms with van der Waals surface area (Å²) in [7, 11) is 1.67. The van der Waals surface area contributed by atoms with E-state index in [0.29, 0.717) is 6.54 Å². The van der Waals surface area contributed by atoms with E-state index in [1.165, 1.54) is 5.56 Å². The lowest BCUT2D eigenvalue weighted by Crippen LogP contribution is -2.04. The second-order valence-electron chi connectivity index (χ2n) is 5.54. The van der Waals surface area contributed by atoms with Gasteiger partial charge in [-0.25, -0.2) is 4.68 Å². The highest BCUT2D eigenvalue weighted by Gasteiger charge is 2.12. The molecule has 0 saturated heterocycles. The Morgan fingerprint density at radius 3 is 2.57 bits per heavy atom. The molecule has 0 amide bonds. The summed E-state index contributed by atoms with van der Waals surface area (Å²) in [6, 6.07) is 18.5. The molecule has 0 aliphatic carbocycles. The molecule has 23 heavy (non-hydrogen) atoms. The van der Waals surface area contributed by atoms with Gasteiger partial charge in [0.05, 0.1) is 24.2 Å². The van der Waals surface area contributed by atoms with Crippen LogP contribution in [0, 0.1) is 6.92 Å². The summed E-state index contributed by atoms with van der Waals surface area (Å²) in [5, 5.41) is 4.73. The molecule has 2 aromatic carbocycles. The van der Waals surface area contributed by atoms with E-state index in [-0.39, 0.29) is 0 Å². The summed E-state index contributed by atoms with van der Waals surface area (Å²) in [4.78, 5) is 0. The highest BCUT2D eigenvalue weighted by Crippen LogP contribution is 2.26. The Morgan fingerprint density at radius 2 is 1.87 bits per heavy atom. The molecule has 0 saturated carbocycles. The minimum Gasteiger partial charge on any atom is -0.497 e. The first-order valence-corrected chi connectivity index (χ1v) is 7.72. The summed E-state index contributed by atoms with van der Waals surface area (Å²) in [5.74, 6) is 0.813. The van der Waals surface area contributed by atoms with Gasteiger partial charge in [-0.05, 0) is 31.7 Å². The van der Waals surface area contributed by atoms with Gasteiger partial charge in [0.15, 0.2) is 0 Å². The van der Waals surface area contributed by atoms with E-state index in [1.54, 1.807) is 7.11 Å². The monoisotopic (exact) mass is 307 g/mol. The zero-order valence-electron chi connectivity index (χ0n) is 13.5. The van der Waals surface area contributed by atoms with Gasteiger partial charge in [-0.1, -0.05) is 35.9 Å². The first-order chi connectivity index (χ1) is 11.2. The number of rotatable bonds is 5. The number of nitrogens with zero attached hydrogens (tertiary/aromatic N) is 2. The Balaban J connectivity index is 2.12. The van der Waals surface area contributed by atoms with E-state index >= 15 is 0 Å². The summed E-state index contributed by atoms with van der Waals surface area (Å²) >= 11 is 0. The molecule has 0 aliphatic heterocycles. The van der Waals surface area contributed by atoms with Gasteiger partial charge in [-0.3, -0.25) is 0 Å². The van der Waals surface area contributed by atoms with Gasteiger partial charge in [0.1, 0.15) is 5.75 Å². The van der Waals surface area contributed by atoms with Crippen LogP contribution in [0.15, 0.2) is 54.6 Å². The molecule has 0 bridgehead atoms. The van der Waals surface area contributed by atoms with E-state index in [2.05, 4.69) is 37.3 Å². The van der Waals surface area contributed by atoms with Crippen LogP contribution < -0.4 is 10.5 Å². The smallest absolute Gasteiger partial charge is 0.121 e. The van der Waals surface area contributed by atoms with Crippen LogP contribution in [-0.2, 0) is 6.42 Å². The van der Waals surface area contributed by atoms with Crippen LogP contribution in [0.5, 0.6) is 5.75 Å². The minimum atomic E-state index is 0.586. The molecule has 4 nitrogen and oxygen atoms in total. The fraction of sp³-hybridized carbons (Fsp3) is 0.211. The molecule has 0 fully saturated rings. The highest BCUT2D eigenvalue weighted by atomic mass is 16.5. The van der Waals surface area contributed by atoms with Crippen molar-refractivity contribution in [2.24, 2.45) is 5.73 Å². The zero-order chi connectivity index (χ0) is 16.2. The molecule has 1 heterocycles. The maximum absolute atomic E-state index is 5.69. The van der Waals surface area contributed by atoms with Gasteiger partial charge in [0.25, 0.3) is 0 Å². The zero-order valence-corrected chi connectivity index (χ0v) is 13.5. The van der Waals surface area contributed by atoms with Crippen molar-refractivity contribution in [1.29, 1.82) is 0 Å². The fourth-order valence-electron chi connectivity index (χ4n) is 2.57. The van der Waals surface area contributed by atoms with Crippen molar-refractivity contribution in [3.05, 3.63) is 65.9 Å². The van der Waals surface area contributed by atoms with E-state index in [9.17, 15) is 0 Å². The third-order valence-electron chi connectivity index (χ3n) is 3.81. The highest BCUT2D eigenvalue weighted by molar-refractivity contribution is 5.63. The first kappa shape index (κ1) is 15.3. The van der Waals surface area contributed by atoms with Crippen molar-refractivity contribution in [3.63, 3.8) is 0 Å². The minimum absolute atomic E-state index is 0.586. The van der Waals surface area contributed by atoms with Gasteiger partial charge >= 0.3 is 0 Å². The molecule has 2 N–H and O–H groups in total. The molecule has 1 aromatic heterocycles. The fourth-order valence-corrected chi connectivity index (χ4v) is 2.57. The molecule has 0 radical (unpaired) electrons. The molecular formula is C19H21N3O. The number of aryl methyl sites for hydroxylation is 1. The Morgan fingerprint density at radius 1 is 1.09 bits per heavy atom. The molecule has 4 heteroatoms. The van der Waals surface area contributed by atoms with Crippen molar-refractivity contribution in [2.75, 3.05) is 13.7 Å². The predicted molar refractivity (Wildman–Crippen MR) is 93.0 cm³/mol. The third kappa shape index (κ3) is 3.27. The van der Waals surface area contributed by atoms with Gasteiger partial charge in [0.2, 0.25) is 0 Å². The van der Waals surface area contributed by atoms with Crippen LogP contribution in [0.25, 0.3) is 16.9 Å². The second-order valence-corrected chi connectivity index (χ2v) is 5.54. The predicted octanol–water partition coefficient (Wildman–Crippen LogP) is 3.36. The Labute approximate surface area is 136 Å². The molecule has 118 valence electrons. The van der Waals surface area contributed by atoms with Gasteiger partial charge in [-0.2, -0.15) is 5.10 Å². The molecule has 3 rings (SSSR count). The van der Waals surface area contributed by atoms with Crippen molar-refractivity contribution >= 4 is 0 Å². The van der Waals surface area contributed by atoms with Gasteiger partial charge < -0.3 is 10.5 Å². The Hall–Kier alpha value is -2.59. The average Bonchev–Trinajstić information content (AvgIpc) is 3.00. The van der Waals surface area contributed by atoms with E-state index in [4.69, 9.17) is 15.6 Å². The van der Waals surface area contributed by atoms with Crippen molar-refractivity contribution < 1.29 is 4.74 Å². The van der Waals surface area contributed by atoms with Crippen molar-refractivity contribution in [2.45, 2.75) is 13.3 Å². The molecular weight excluding hydrogens is 286 g/mol. The van der Waals surface area contributed by atoms with Crippen LogP contribution in [-0.4, -0.2) is 23.4 Å². The molecule has 0 aliphatic rings. The Bertz CT molecular complexity index is 791. The normalized spacial score (nSPS) is 10.7. The topological polar surface area (TPSA) is 53.1 Å². The molecule has 3 aromatic rings. The van der Waals surface area contributed by atoms with Crippen LogP contribution in [0.1, 0.15) is 11.3 Å². The van der Waals surface area contributed by atoms with E-state index in [1.807, 2.05) is 28.9 Å². The number of hydrogen-bond acceptors (Lipinski definition) is 3. The molecule has 0 spiro atoms. The molecule has 0 atom stereocenters. The average molecular weight is 307 g/mol. The lowest BCUT2D eigenvalue weighted by Gasteiger charge is -2.09. The van der Waals surface area contributed by atoms with Crippen molar-refractivity contribution in [1.82, 2.24) is 9.78 Å². The largest absolute Gasteiger partial charge is 0.497 e.